The summed E-state index contributed by atoms with van der Waals surface area (Å²) >= 11 is 0. The number of amidine groups is 1. The van der Waals surface area contributed by atoms with Crippen LogP contribution in [0.3, 0.4) is 0 Å². The van der Waals surface area contributed by atoms with Gasteiger partial charge in [0.25, 0.3) is 0 Å². The summed E-state index contributed by atoms with van der Waals surface area (Å²) in [7, 11) is 2.11. The molecule has 0 fully saturated rings. The Morgan fingerprint density at radius 2 is 2.38 bits per heavy atom. The molecule has 0 saturated carbocycles. The van der Waals surface area contributed by atoms with Crippen molar-refractivity contribution < 1.29 is 4.58 Å². The highest BCUT2D eigenvalue weighted by molar-refractivity contribution is 5.74. The molecule has 46 valence electrons. The molecular formula is C6H13N2+. The van der Waals surface area contributed by atoms with E-state index in [1.54, 1.807) is 0 Å². The fourth-order valence-corrected chi connectivity index (χ4v) is 0.888. The van der Waals surface area contributed by atoms with Gasteiger partial charge < -0.3 is 0 Å². The number of rotatable bonds is 0. The largest absolute Gasteiger partial charge is 0.279 e. The van der Waals surface area contributed by atoms with Crippen LogP contribution in [0.15, 0.2) is 0 Å². The minimum absolute atomic E-state index is 1.15. The summed E-state index contributed by atoms with van der Waals surface area (Å²) in [6, 6.07) is 0. The van der Waals surface area contributed by atoms with Crippen molar-refractivity contribution in [3.63, 3.8) is 0 Å². The standard InChI is InChI=1S/C6H12N2/c1-6-7-4-3-5-8(6)2/h3-5H2,1-2H3/p+1. The SMILES string of the molecule is CC1=[N+](C)CCCN1. The van der Waals surface area contributed by atoms with E-state index in [1.807, 2.05) is 0 Å². The van der Waals surface area contributed by atoms with Crippen LogP contribution in [0.2, 0.25) is 0 Å². The summed E-state index contributed by atoms with van der Waals surface area (Å²) in [5.74, 6) is 1.30. The first-order chi connectivity index (χ1) is 3.80. The van der Waals surface area contributed by atoms with Crippen molar-refractivity contribution >= 4 is 5.84 Å². The second-order valence-electron chi connectivity index (χ2n) is 2.29. The summed E-state index contributed by atoms with van der Waals surface area (Å²) in [4.78, 5) is 0. The predicted molar refractivity (Wildman–Crippen MR) is 34.4 cm³/mol. The average molecular weight is 113 g/mol. The van der Waals surface area contributed by atoms with Crippen LogP contribution in [0, 0.1) is 0 Å². The van der Waals surface area contributed by atoms with Gasteiger partial charge in [0.1, 0.15) is 0 Å². The van der Waals surface area contributed by atoms with Crippen LogP contribution >= 0.6 is 0 Å². The second-order valence-corrected chi connectivity index (χ2v) is 2.29. The zero-order chi connectivity index (χ0) is 5.98. The summed E-state index contributed by atoms with van der Waals surface area (Å²) in [6.07, 6.45) is 1.27. The lowest BCUT2D eigenvalue weighted by molar-refractivity contribution is -0.504. The molecule has 2 nitrogen and oxygen atoms in total. The monoisotopic (exact) mass is 113 g/mol. The Labute approximate surface area is 50.2 Å². The minimum Gasteiger partial charge on any atom is -0.279 e. The maximum absolute atomic E-state index is 3.27. The number of hydrogen-bond acceptors (Lipinski definition) is 1. The molecule has 1 N–H and O–H groups in total. The van der Waals surface area contributed by atoms with Crippen molar-refractivity contribution in [2.75, 3.05) is 20.1 Å². The molecule has 0 bridgehead atoms. The quantitative estimate of drug-likeness (QED) is 0.438. The first kappa shape index (κ1) is 5.60. The fourth-order valence-electron chi connectivity index (χ4n) is 0.888. The molecule has 0 amide bonds. The van der Waals surface area contributed by atoms with Crippen LogP contribution in [0.25, 0.3) is 0 Å². The molecule has 1 aliphatic rings. The summed E-state index contributed by atoms with van der Waals surface area (Å²) < 4.78 is 2.24. The molecule has 1 heterocycles. The van der Waals surface area contributed by atoms with E-state index in [-0.39, 0.29) is 0 Å². The number of hydrogen-bond donors (Lipinski definition) is 1. The molecule has 0 saturated heterocycles. The molecule has 0 aromatic rings. The van der Waals surface area contributed by atoms with Crippen LogP contribution in [0.5, 0.6) is 0 Å². The summed E-state index contributed by atoms with van der Waals surface area (Å²) in [5, 5.41) is 3.27. The van der Waals surface area contributed by atoms with Gasteiger partial charge in [-0.1, -0.05) is 0 Å². The van der Waals surface area contributed by atoms with Crippen LogP contribution in [0.1, 0.15) is 13.3 Å². The molecule has 0 atom stereocenters. The maximum atomic E-state index is 3.27. The first-order valence-corrected chi connectivity index (χ1v) is 3.09. The van der Waals surface area contributed by atoms with E-state index in [4.69, 9.17) is 0 Å². The Morgan fingerprint density at radius 3 is 2.75 bits per heavy atom. The third kappa shape index (κ3) is 0.997. The maximum Gasteiger partial charge on any atom is 0.241 e. The Kier molecular flexibility index (Phi) is 1.51. The Hall–Kier alpha value is -0.530. The highest BCUT2D eigenvalue weighted by atomic mass is 15.1. The molecule has 0 radical (unpaired) electrons. The fraction of sp³-hybridized carbons (Fsp3) is 0.833. The molecule has 0 unspecified atom stereocenters. The van der Waals surface area contributed by atoms with Crippen LogP contribution in [-0.4, -0.2) is 30.5 Å². The topological polar surface area (TPSA) is 15.0 Å². The average Bonchev–Trinajstić information content (AvgIpc) is 1.77. The van der Waals surface area contributed by atoms with Crippen LogP contribution < -0.4 is 5.32 Å². The van der Waals surface area contributed by atoms with Gasteiger partial charge in [0.15, 0.2) is 0 Å². The minimum atomic E-state index is 1.15. The highest BCUT2D eigenvalue weighted by Crippen LogP contribution is 1.85. The van der Waals surface area contributed by atoms with Crippen molar-refractivity contribution in [1.29, 1.82) is 0 Å². The zero-order valence-corrected chi connectivity index (χ0v) is 5.57. The third-order valence-corrected chi connectivity index (χ3v) is 1.62. The summed E-state index contributed by atoms with van der Waals surface area (Å²) in [6.45, 7) is 4.47. The van der Waals surface area contributed by atoms with Gasteiger partial charge in [-0.3, -0.25) is 9.89 Å². The normalized spacial score (nSPS) is 20.8. The van der Waals surface area contributed by atoms with Gasteiger partial charge in [0, 0.05) is 13.3 Å². The van der Waals surface area contributed by atoms with Gasteiger partial charge in [0.2, 0.25) is 5.84 Å². The molecule has 2 heteroatoms. The molecule has 0 aliphatic carbocycles. The molecule has 1 aliphatic heterocycles. The van der Waals surface area contributed by atoms with Crippen molar-refractivity contribution in [3.05, 3.63) is 0 Å². The van der Waals surface area contributed by atoms with Gasteiger partial charge in [-0.25, -0.2) is 0 Å². The zero-order valence-electron chi connectivity index (χ0n) is 5.57. The van der Waals surface area contributed by atoms with Gasteiger partial charge >= 0.3 is 0 Å². The molecule has 1 rings (SSSR count). The van der Waals surface area contributed by atoms with E-state index in [9.17, 15) is 0 Å². The van der Waals surface area contributed by atoms with Crippen LogP contribution in [-0.2, 0) is 0 Å². The predicted octanol–water partition coefficient (Wildman–Crippen LogP) is 0.0404. The Morgan fingerprint density at radius 1 is 1.62 bits per heavy atom. The van der Waals surface area contributed by atoms with E-state index in [2.05, 4.69) is 23.9 Å². The van der Waals surface area contributed by atoms with E-state index < -0.39 is 0 Å². The van der Waals surface area contributed by atoms with Crippen LogP contribution in [0.4, 0.5) is 0 Å². The Bertz CT molecular complexity index is 102. The Balaban J connectivity index is 2.60. The van der Waals surface area contributed by atoms with Gasteiger partial charge in [-0.2, -0.15) is 0 Å². The molecule has 0 aromatic heterocycles. The smallest absolute Gasteiger partial charge is 0.241 e. The van der Waals surface area contributed by atoms with Crippen molar-refractivity contribution in [2.24, 2.45) is 0 Å². The van der Waals surface area contributed by atoms with Gasteiger partial charge in [-0.15, -0.1) is 0 Å². The lowest BCUT2D eigenvalue weighted by Gasteiger charge is -2.10. The lowest BCUT2D eigenvalue weighted by Crippen LogP contribution is -2.36. The lowest BCUT2D eigenvalue weighted by atomic mass is 10.3. The van der Waals surface area contributed by atoms with E-state index in [1.165, 1.54) is 18.8 Å². The van der Waals surface area contributed by atoms with Crippen molar-refractivity contribution in [3.8, 4) is 0 Å². The summed E-state index contributed by atoms with van der Waals surface area (Å²) in [5.41, 5.74) is 0. The first-order valence-electron chi connectivity index (χ1n) is 3.09. The second kappa shape index (κ2) is 2.16. The van der Waals surface area contributed by atoms with E-state index in [0.29, 0.717) is 0 Å². The van der Waals surface area contributed by atoms with E-state index >= 15 is 0 Å². The van der Waals surface area contributed by atoms with Gasteiger partial charge in [0.05, 0.1) is 20.1 Å². The van der Waals surface area contributed by atoms with Crippen molar-refractivity contribution in [2.45, 2.75) is 13.3 Å². The number of nitrogens with one attached hydrogen (secondary N) is 1. The molecule has 0 aromatic carbocycles. The van der Waals surface area contributed by atoms with Gasteiger partial charge in [-0.05, 0) is 0 Å². The third-order valence-electron chi connectivity index (χ3n) is 1.62. The number of nitrogens with zero attached hydrogens (tertiary/aromatic N) is 1. The highest BCUT2D eigenvalue weighted by Gasteiger charge is 2.07. The molecule has 8 heavy (non-hydrogen) atoms. The molecular weight excluding hydrogens is 100 g/mol. The van der Waals surface area contributed by atoms with Crippen molar-refractivity contribution in [1.82, 2.24) is 5.32 Å². The van der Waals surface area contributed by atoms with E-state index in [0.717, 1.165) is 6.54 Å². The molecule has 0 spiro atoms.